The van der Waals surface area contributed by atoms with Crippen molar-refractivity contribution in [2.45, 2.75) is 53.4 Å². The van der Waals surface area contributed by atoms with Gasteiger partial charge in [-0.05, 0) is 72.2 Å². The van der Waals surface area contributed by atoms with E-state index in [0.29, 0.717) is 11.8 Å². The largest absolute Gasteiger partial charge is 0.455 e. The van der Waals surface area contributed by atoms with Crippen LogP contribution in [0.25, 0.3) is 21.9 Å². The van der Waals surface area contributed by atoms with Crippen LogP contribution < -0.4 is 31.8 Å². The SMILES string of the molecule is Cc1cc(C(C)C)ccc1N=P(c1ccccc1)(c1ccccc1)c1cccc2c1oc1c(P(=Nc3ccc(C(C)C)cc3C)(c3ccccc3)c3ccccc3)cccc12. The Labute approximate surface area is 361 Å². The summed E-state index contributed by atoms with van der Waals surface area (Å²) in [5, 5.41) is 9.03. The minimum Gasteiger partial charge on any atom is -0.455 e. The van der Waals surface area contributed by atoms with Crippen molar-refractivity contribution in [3.63, 3.8) is 0 Å². The third-order valence-electron chi connectivity index (χ3n) is 12.0. The van der Waals surface area contributed by atoms with Crippen LogP contribution in [0.15, 0.2) is 208 Å². The lowest BCUT2D eigenvalue weighted by Gasteiger charge is -2.28. The van der Waals surface area contributed by atoms with Gasteiger partial charge in [-0.2, -0.15) is 0 Å². The molecule has 0 bridgehead atoms. The molecule has 0 fully saturated rings. The van der Waals surface area contributed by atoms with Gasteiger partial charge >= 0.3 is 0 Å². The molecule has 0 atom stereocenters. The van der Waals surface area contributed by atoms with Gasteiger partial charge in [-0.3, -0.25) is 9.49 Å². The number of fused-ring (bicyclic) bond motifs is 3. The molecule has 61 heavy (non-hydrogen) atoms. The summed E-state index contributed by atoms with van der Waals surface area (Å²) in [5.74, 6) is 0.844. The van der Waals surface area contributed by atoms with E-state index in [0.717, 1.165) is 43.9 Å². The smallest absolute Gasteiger partial charge is 0.145 e. The van der Waals surface area contributed by atoms with Crippen molar-refractivity contribution in [2.24, 2.45) is 9.49 Å². The molecule has 1 heterocycles. The average Bonchev–Trinajstić information content (AvgIpc) is 3.69. The molecule has 302 valence electrons. The standard InChI is InChI=1S/C56H52N2OP2/c1-39(2)43-33-35-51(41(5)37-43)57-60(45-21-11-7-12-22-45,46-23-13-8-14-24-46)53-31-19-29-49-50-30-20-32-54(56(50)59-55(49)53)61(47-25-15-9-16-26-47,48-27-17-10-18-28-48)58-52-36-34-44(40(3)4)38-42(52)6/h7-40H,1-6H3. The van der Waals surface area contributed by atoms with Gasteiger partial charge < -0.3 is 4.42 Å². The first-order valence-corrected chi connectivity index (χ1v) is 24.8. The van der Waals surface area contributed by atoms with Gasteiger partial charge in [-0.25, -0.2) is 0 Å². The van der Waals surface area contributed by atoms with Crippen LogP contribution in [0.3, 0.4) is 0 Å². The zero-order chi connectivity index (χ0) is 42.1. The topological polar surface area (TPSA) is 37.9 Å². The Morgan fingerprint density at radius 3 is 1.00 bits per heavy atom. The van der Waals surface area contributed by atoms with Gasteiger partial charge in [0.05, 0.1) is 25.5 Å². The van der Waals surface area contributed by atoms with Crippen molar-refractivity contribution in [3.05, 3.63) is 216 Å². The predicted molar refractivity (Wildman–Crippen MR) is 266 cm³/mol. The molecule has 0 aliphatic carbocycles. The number of nitrogens with zero attached hydrogens (tertiary/aromatic N) is 2. The number of furan rings is 1. The van der Waals surface area contributed by atoms with Crippen LogP contribution in [0.2, 0.25) is 0 Å². The first-order valence-electron chi connectivity index (χ1n) is 21.3. The fraction of sp³-hybridized carbons (Fsp3) is 0.143. The molecule has 0 saturated carbocycles. The highest BCUT2D eigenvalue weighted by molar-refractivity contribution is 7.88. The number of hydrogen-bond donors (Lipinski definition) is 0. The number of rotatable bonds is 10. The van der Waals surface area contributed by atoms with Crippen molar-refractivity contribution in [3.8, 4) is 0 Å². The van der Waals surface area contributed by atoms with E-state index in [1.54, 1.807) is 0 Å². The normalized spacial score (nSPS) is 12.1. The number of aryl methyl sites for hydroxylation is 2. The third-order valence-corrected chi connectivity index (χ3v) is 19.3. The monoisotopic (exact) mass is 830 g/mol. The van der Waals surface area contributed by atoms with E-state index in [2.05, 4.69) is 236 Å². The van der Waals surface area contributed by atoms with Crippen molar-refractivity contribution in [1.82, 2.24) is 0 Å². The van der Waals surface area contributed by atoms with E-state index in [1.807, 2.05) is 0 Å². The van der Waals surface area contributed by atoms with Crippen LogP contribution in [0.5, 0.6) is 0 Å². The Morgan fingerprint density at radius 2 is 0.705 bits per heavy atom. The first-order chi connectivity index (χ1) is 29.7. The summed E-state index contributed by atoms with van der Waals surface area (Å²) in [7, 11) is -5.54. The maximum Gasteiger partial charge on any atom is 0.145 e. The Balaban J connectivity index is 1.43. The molecule has 9 aromatic rings. The van der Waals surface area contributed by atoms with E-state index >= 15 is 0 Å². The molecular weight excluding hydrogens is 779 g/mol. The van der Waals surface area contributed by atoms with Crippen molar-refractivity contribution >= 4 is 79.2 Å². The highest BCUT2D eigenvalue weighted by Crippen LogP contribution is 2.54. The fourth-order valence-corrected chi connectivity index (χ4v) is 16.1. The Kier molecular flexibility index (Phi) is 11.1. The predicted octanol–water partition coefficient (Wildman–Crippen LogP) is 14.1. The molecule has 0 N–H and O–H groups in total. The highest BCUT2D eigenvalue weighted by atomic mass is 31.2. The Hall–Kier alpha value is -5.98. The van der Waals surface area contributed by atoms with E-state index in [1.165, 1.54) is 43.5 Å². The molecule has 0 unspecified atom stereocenters. The van der Waals surface area contributed by atoms with Crippen LogP contribution in [0, 0.1) is 13.8 Å². The van der Waals surface area contributed by atoms with Crippen LogP contribution in [-0.4, -0.2) is 0 Å². The number of para-hydroxylation sites is 2. The zero-order valence-electron chi connectivity index (χ0n) is 35.8. The average molecular weight is 831 g/mol. The van der Waals surface area contributed by atoms with E-state index < -0.39 is 14.1 Å². The number of hydrogen-bond acceptors (Lipinski definition) is 3. The van der Waals surface area contributed by atoms with Crippen molar-refractivity contribution in [1.29, 1.82) is 0 Å². The summed E-state index contributed by atoms with van der Waals surface area (Å²) < 4.78 is 19.6. The molecule has 3 nitrogen and oxygen atoms in total. The van der Waals surface area contributed by atoms with E-state index in [-0.39, 0.29) is 0 Å². The first kappa shape index (κ1) is 40.4. The molecule has 0 saturated heterocycles. The van der Waals surface area contributed by atoms with Gasteiger partial charge in [0.15, 0.2) is 0 Å². The zero-order valence-corrected chi connectivity index (χ0v) is 37.6. The minimum absolute atomic E-state index is 0.422. The molecule has 5 heteroatoms. The van der Waals surface area contributed by atoms with E-state index in [9.17, 15) is 0 Å². The van der Waals surface area contributed by atoms with Gasteiger partial charge in [0.1, 0.15) is 11.2 Å². The van der Waals surface area contributed by atoms with Crippen molar-refractivity contribution in [2.75, 3.05) is 0 Å². The van der Waals surface area contributed by atoms with Crippen LogP contribution >= 0.6 is 14.1 Å². The summed E-state index contributed by atoms with van der Waals surface area (Å²) in [6.45, 7) is 13.4. The van der Waals surface area contributed by atoms with Crippen LogP contribution in [0.4, 0.5) is 11.4 Å². The van der Waals surface area contributed by atoms with Gasteiger partial charge in [-0.1, -0.05) is 198 Å². The quantitative estimate of drug-likeness (QED) is 0.127. The molecule has 0 radical (unpaired) electrons. The summed E-state index contributed by atoms with van der Waals surface area (Å²) in [5.41, 5.74) is 8.68. The molecule has 0 aliphatic rings. The molecule has 0 spiro atoms. The number of benzene rings is 8. The highest BCUT2D eigenvalue weighted by Gasteiger charge is 2.35. The second-order valence-electron chi connectivity index (χ2n) is 16.6. The summed E-state index contributed by atoms with van der Waals surface area (Å²) >= 11 is 0. The second-order valence-corrected chi connectivity index (χ2v) is 22.6. The molecule has 1 aromatic heterocycles. The molecular formula is C56H52N2OP2. The van der Waals surface area contributed by atoms with Crippen LogP contribution in [0.1, 0.15) is 61.8 Å². The van der Waals surface area contributed by atoms with Gasteiger partial charge in [0, 0.05) is 42.6 Å². The lowest BCUT2D eigenvalue weighted by molar-refractivity contribution is 0.674. The van der Waals surface area contributed by atoms with Crippen LogP contribution in [-0.2, 0) is 0 Å². The Morgan fingerprint density at radius 1 is 0.377 bits per heavy atom. The molecule has 9 rings (SSSR count). The Bertz CT molecular complexity index is 2820. The molecule has 8 aromatic carbocycles. The van der Waals surface area contributed by atoms with Gasteiger partial charge in [0.25, 0.3) is 0 Å². The summed E-state index contributed by atoms with van der Waals surface area (Å²) in [6.07, 6.45) is 0. The second kappa shape index (κ2) is 16.8. The van der Waals surface area contributed by atoms with Gasteiger partial charge in [-0.15, -0.1) is 0 Å². The molecule has 0 aliphatic heterocycles. The lowest BCUT2D eigenvalue weighted by atomic mass is 10.0. The maximum atomic E-state index is 7.59. The summed E-state index contributed by atoms with van der Waals surface area (Å²) in [6, 6.07) is 70.4. The van der Waals surface area contributed by atoms with Gasteiger partial charge in [0.2, 0.25) is 0 Å². The van der Waals surface area contributed by atoms with E-state index in [4.69, 9.17) is 13.9 Å². The fourth-order valence-electron chi connectivity index (χ4n) is 8.69. The minimum atomic E-state index is -2.77. The third kappa shape index (κ3) is 7.25. The lowest BCUT2D eigenvalue weighted by Crippen LogP contribution is -2.26. The molecule has 0 amide bonds. The van der Waals surface area contributed by atoms with Crippen molar-refractivity contribution < 1.29 is 4.42 Å². The summed E-state index contributed by atoms with van der Waals surface area (Å²) in [4.78, 5) is 0. The maximum absolute atomic E-state index is 7.59.